The number of carbonyl (C=O) groups is 3. The normalized spacial score (nSPS) is 21.1. The van der Waals surface area contributed by atoms with Gasteiger partial charge < -0.3 is 21.3 Å². The minimum Gasteiger partial charge on any atom is -0.508 e. The summed E-state index contributed by atoms with van der Waals surface area (Å²) in [5.74, 6) is -1.44. The summed E-state index contributed by atoms with van der Waals surface area (Å²) < 4.78 is 0. The molecular formula is C19H20N6O5S2. The van der Waals surface area contributed by atoms with E-state index in [2.05, 4.69) is 15.5 Å². The smallest absolute Gasteiger partial charge is 0.352 e. The highest BCUT2D eigenvalue weighted by Crippen LogP contribution is 2.41. The van der Waals surface area contributed by atoms with Gasteiger partial charge >= 0.3 is 5.97 Å². The van der Waals surface area contributed by atoms with Gasteiger partial charge in [0.1, 0.15) is 33.9 Å². The van der Waals surface area contributed by atoms with Crippen molar-refractivity contribution in [3.63, 3.8) is 0 Å². The van der Waals surface area contributed by atoms with Gasteiger partial charge in [-0.05, 0) is 23.3 Å². The minimum absolute atomic E-state index is 0.0473. The van der Waals surface area contributed by atoms with Gasteiger partial charge in [-0.15, -0.1) is 16.9 Å². The fourth-order valence-electron chi connectivity index (χ4n) is 3.42. The van der Waals surface area contributed by atoms with E-state index in [4.69, 9.17) is 5.73 Å². The molecule has 1 aromatic carbocycles. The van der Waals surface area contributed by atoms with Crippen LogP contribution in [-0.2, 0) is 21.4 Å². The molecule has 2 aliphatic rings. The van der Waals surface area contributed by atoms with Crippen LogP contribution in [0.1, 0.15) is 11.6 Å². The maximum absolute atomic E-state index is 12.8. The van der Waals surface area contributed by atoms with Crippen LogP contribution in [0.4, 0.5) is 0 Å². The quantitative estimate of drug-likeness (QED) is 0.317. The molecule has 5 N–H and O–H groups in total. The maximum atomic E-state index is 12.8. The molecule has 2 aromatic rings. The maximum Gasteiger partial charge on any atom is 0.352 e. The summed E-state index contributed by atoms with van der Waals surface area (Å²) in [7, 11) is 1.69. The average molecular weight is 477 g/mol. The molecular weight excluding hydrogens is 456 g/mol. The van der Waals surface area contributed by atoms with Crippen LogP contribution in [0.3, 0.4) is 0 Å². The van der Waals surface area contributed by atoms with E-state index in [0.29, 0.717) is 27.7 Å². The molecule has 2 aliphatic heterocycles. The standard InChI is InChI=1S/C19H20N6O5S2/c1-24-21-6-12(23-24)31-7-10-8-32-18-14(17(28)25(18)15(10)19(29)30)22-16(27)13(20)9-2-4-11(26)5-3-9/h2-6,13-14,18,26H,7-8,20H2,1H3,(H,22,27)(H,29,30)/t13?,14?,18-/m0/s1. The number of aryl methyl sites for hydroxylation is 1. The Labute approximate surface area is 191 Å². The van der Waals surface area contributed by atoms with Crippen LogP contribution in [0.5, 0.6) is 5.75 Å². The number of carboxylic acid groups (broad SMARTS) is 1. The number of carboxylic acids is 1. The first-order valence-corrected chi connectivity index (χ1v) is 11.5. The van der Waals surface area contributed by atoms with Crippen LogP contribution in [0.2, 0.25) is 0 Å². The Hall–Kier alpha value is -3.03. The third-order valence-corrected chi connectivity index (χ3v) is 7.37. The van der Waals surface area contributed by atoms with Crippen LogP contribution in [0.25, 0.3) is 0 Å². The van der Waals surface area contributed by atoms with Crippen LogP contribution < -0.4 is 11.1 Å². The number of nitrogens with two attached hydrogens (primary N) is 1. The summed E-state index contributed by atoms with van der Waals surface area (Å²) in [5.41, 5.74) is 7.01. The number of aromatic hydroxyl groups is 1. The number of nitrogens with zero attached hydrogens (tertiary/aromatic N) is 4. The van der Waals surface area contributed by atoms with Gasteiger partial charge in [0.15, 0.2) is 0 Å². The fourth-order valence-corrected chi connectivity index (χ4v) is 5.76. The lowest BCUT2D eigenvalue weighted by atomic mass is 10.0. The van der Waals surface area contributed by atoms with E-state index >= 15 is 0 Å². The number of nitrogens with one attached hydrogen (secondary N) is 1. The first kappa shape index (κ1) is 22.2. The van der Waals surface area contributed by atoms with Gasteiger partial charge in [0, 0.05) is 18.6 Å². The average Bonchev–Trinajstić information content (AvgIpc) is 3.20. The topological polar surface area (TPSA) is 164 Å². The highest BCUT2D eigenvalue weighted by molar-refractivity contribution is 8.01. The van der Waals surface area contributed by atoms with Crippen molar-refractivity contribution in [1.29, 1.82) is 0 Å². The Morgan fingerprint density at radius 3 is 2.72 bits per heavy atom. The first-order chi connectivity index (χ1) is 15.3. The van der Waals surface area contributed by atoms with Gasteiger partial charge in [-0.1, -0.05) is 23.9 Å². The molecule has 168 valence electrons. The lowest BCUT2D eigenvalue weighted by Gasteiger charge is -2.49. The van der Waals surface area contributed by atoms with E-state index in [1.54, 1.807) is 13.2 Å². The molecule has 13 heteroatoms. The number of benzene rings is 1. The van der Waals surface area contributed by atoms with E-state index in [1.807, 2.05) is 0 Å². The SMILES string of the molecule is Cn1ncc(SCC2=C(C(=O)O)N3C(=O)C(NC(=O)C(N)c4ccc(O)cc4)[C@@H]3SC2)n1. The Morgan fingerprint density at radius 2 is 2.09 bits per heavy atom. The molecule has 4 rings (SSSR count). The number of hydrogen-bond acceptors (Lipinski definition) is 9. The van der Waals surface area contributed by atoms with Crippen molar-refractivity contribution in [3.05, 3.63) is 47.3 Å². The van der Waals surface area contributed by atoms with E-state index < -0.39 is 35.2 Å². The zero-order valence-electron chi connectivity index (χ0n) is 16.8. The Balaban J connectivity index is 1.45. The van der Waals surface area contributed by atoms with Crippen LogP contribution >= 0.6 is 23.5 Å². The van der Waals surface area contributed by atoms with Crippen LogP contribution in [0.15, 0.2) is 46.8 Å². The number of rotatable bonds is 7. The summed E-state index contributed by atoms with van der Waals surface area (Å²) in [6.07, 6.45) is 1.59. The number of fused-ring (bicyclic) bond motifs is 1. The molecule has 2 unspecified atom stereocenters. The van der Waals surface area contributed by atoms with Crippen molar-refractivity contribution >= 4 is 41.3 Å². The number of hydrogen-bond donors (Lipinski definition) is 4. The van der Waals surface area contributed by atoms with E-state index in [0.717, 1.165) is 0 Å². The summed E-state index contributed by atoms with van der Waals surface area (Å²) >= 11 is 2.73. The Kier molecular flexibility index (Phi) is 6.13. The van der Waals surface area contributed by atoms with Crippen molar-refractivity contribution < 1.29 is 24.6 Å². The number of aromatic nitrogens is 3. The summed E-state index contributed by atoms with van der Waals surface area (Å²) in [6.45, 7) is 0. The highest BCUT2D eigenvalue weighted by Gasteiger charge is 2.54. The molecule has 3 heterocycles. The molecule has 0 saturated carbocycles. The largest absolute Gasteiger partial charge is 0.508 e. The first-order valence-electron chi connectivity index (χ1n) is 9.50. The molecule has 1 aromatic heterocycles. The number of aliphatic carboxylic acids is 1. The molecule has 32 heavy (non-hydrogen) atoms. The van der Waals surface area contributed by atoms with Gasteiger partial charge in [0.25, 0.3) is 5.91 Å². The molecule has 0 radical (unpaired) electrons. The number of carbonyl (C=O) groups excluding carboxylic acids is 2. The molecule has 0 aliphatic carbocycles. The van der Waals surface area contributed by atoms with Gasteiger partial charge in [0.05, 0.1) is 6.20 Å². The Morgan fingerprint density at radius 1 is 1.38 bits per heavy atom. The van der Waals surface area contributed by atoms with Gasteiger partial charge in [0.2, 0.25) is 5.91 Å². The number of phenolic OH excluding ortho intramolecular Hbond substituents is 1. The number of amides is 2. The molecule has 11 nitrogen and oxygen atoms in total. The third kappa shape index (κ3) is 4.18. The molecule has 3 atom stereocenters. The summed E-state index contributed by atoms with van der Waals surface area (Å²) in [4.78, 5) is 39.9. The predicted molar refractivity (Wildman–Crippen MR) is 116 cm³/mol. The number of thioether (sulfide) groups is 2. The second kappa shape index (κ2) is 8.84. The van der Waals surface area contributed by atoms with E-state index in [1.165, 1.54) is 57.5 Å². The van der Waals surface area contributed by atoms with Crippen LogP contribution in [-0.4, -0.2) is 70.8 Å². The van der Waals surface area contributed by atoms with E-state index in [-0.39, 0.29) is 11.4 Å². The van der Waals surface area contributed by atoms with Gasteiger partial charge in [-0.3, -0.25) is 14.5 Å². The van der Waals surface area contributed by atoms with Crippen molar-refractivity contribution in [2.24, 2.45) is 12.8 Å². The molecule has 1 saturated heterocycles. The lowest BCUT2D eigenvalue weighted by molar-refractivity contribution is -0.150. The second-order valence-corrected chi connectivity index (χ2v) is 9.28. The second-order valence-electron chi connectivity index (χ2n) is 7.18. The number of β-lactam (4-membered cyclic amide) rings is 1. The fraction of sp³-hybridized carbons (Fsp3) is 0.316. The minimum atomic E-state index is -1.19. The summed E-state index contributed by atoms with van der Waals surface area (Å²) in [5, 5.41) is 30.0. The monoisotopic (exact) mass is 476 g/mol. The Bertz CT molecular complexity index is 1100. The summed E-state index contributed by atoms with van der Waals surface area (Å²) in [6, 6.07) is 3.99. The van der Waals surface area contributed by atoms with Crippen molar-refractivity contribution in [2.45, 2.75) is 22.5 Å². The third-order valence-electron chi connectivity index (χ3n) is 5.06. The van der Waals surface area contributed by atoms with Crippen LogP contribution in [0, 0.1) is 0 Å². The van der Waals surface area contributed by atoms with Crippen molar-refractivity contribution in [2.75, 3.05) is 11.5 Å². The van der Waals surface area contributed by atoms with Gasteiger partial charge in [-0.25, -0.2) is 4.79 Å². The molecule has 2 amide bonds. The molecule has 1 fully saturated rings. The zero-order valence-corrected chi connectivity index (χ0v) is 18.5. The molecule has 0 bridgehead atoms. The lowest BCUT2D eigenvalue weighted by Crippen LogP contribution is -2.71. The zero-order chi connectivity index (χ0) is 23.0. The molecule has 0 spiro atoms. The highest BCUT2D eigenvalue weighted by atomic mass is 32.2. The van der Waals surface area contributed by atoms with Crippen molar-refractivity contribution in [3.8, 4) is 5.75 Å². The number of phenols is 1. The predicted octanol–water partition coefficient (Wildman–Crippen LogP) is 0.0514. The van der Waals surface area contributed by atoms with Gasteiger partial charge in [-0.2, -0.15) is 9.90 Å². The van der Waals surface area contributed by atoms with Crippen molar-refractivity contribution in [1.82, 2.24) is 25.2 Å². The van der Waals surface area contributed by atoms with E-state index in [9.17, 15) is 24.6 Å².